The van der Waals surface area contributed by atoms with E-state index in [1.807, 2.05) is 11.9 Å². The van der Waals surface area contributed by atoms with Gasteiger partial charge in [0.2, 0.25) is 11.8 Å². The van der Waals surface area contributed by atoms with Crippen molar-refractivity contribution < 1.29 is 9.59 Å². The van der Waals surface area contributed by atoms with Gasteiger partial charge in [0.15, 0.2) is 0 Å². The molecule has 0 saturated carbocycles. The molecule has 0 N–H and O–H groups in total. The molecule has 0 spiro atoms. The molecule has 0 aromatic heterocycles. The number of carbonyl (C=O) groups excluding carboxylic acids is 2. The van der Waals surface area contributed by atoms with Gasteiger partial charge in [-0.3, -0.25) is 14.5 Å². The van der Waals surface area contributed by atoms with Gasteiger partial charge in [-0.05, 0) is 7.05 Å². The lowest BCUT2D eigenvalue weighted by Crippen LogP contribution is -2.48. The molecule has 0 atom stereocenters. The van der Waals surface area contributed by atoms with Crippen LogP contribution in [0, 0.1) is 0 Å². The van der Waals surface area contributed by atoms with E-state index in [0.29, 0.717) is 13.1 Å². The van der Waals surface area contributed by atoms with Gasteiger partial charge in [0, 0.05) is 39.8 Å². The molecule has 2 amide bonds. The van der Waals surface area contributed by atoms with E-state index in [-0.39, 0.29) is 11.8 Å². The normalized spacial score (nSPS) is 18.2. The Morgan fingerprint density at radius 2 is 2.12 bits per heavy atom. The SMILES string of the molecule is CN1CCN(C/C=C/C(=O)N(C)C)C(=O)C1. The van der Waals surface area contributed by atoms with E-state index in [2.05, 4.69) is 0 Å². The lowest BCUT2D eigenvalue weighted by Gasteiger charge is -2.31. The Morgan fingerprint density at radius 3 is 2.69 bits per heavy atom. The third-order valence-corrected chi connectivity index (χ3v) is 2.54. The van der Waals surface area contributed by atoms with Crippen LogP contribution in [0.25, 0.3) is 0 Å². The predicted molar refractivity (Wildman–Crippen MR) is 61.9 cm³/mol. The number of likely N-dealkylation sites (N-methyl/N-ethyl adjacent to an activating group) is 2. The molecule has 1 fully saturated rings. The van der Waals surface area contributed by atoms with E-state index >= 15 is 0 Å². The highest BCUT2D eigenvalue weighted by molar-refractivity contribution is 5.87. The molecule has 5 nitrogen and oxygen atoms in total. The van der Waals surface area contributed by atoms with Crippen LogP contribution in [-0.2, 0) is 9.59 Å². The minimum Gasteiger partial charge on any atom is -0.345 e. The van der Waals surface area contributed by atoms with Crippen LogP contribution in [0.5, 0.6) is 0 Å². The summed E-state index contributed by atoms with van der Waals surface area (Å²) < 4.78 is 0. The number of carbonyl (C=O) groups is 2. The van der Waals surface area contributed by atoms with Gasteiger partial charge >= 0.3 is 0 Å². The monoisotopic (exact) mass is 225 g/mol. The highest BCUT2D eigenvalue weighted by Crippen LogP contribution is 2.00. The van der Waals surface area contributed by atoms with Gasteiger partial charge in [0.05, 0.1) is 6.54 Å². The van der Waals surface area contributed by atoms with Gasteiger partial charge < -0.3 is 9.80 Å². The molecular formula is C11H19N3O2. The molecule has 0 radical (unpaired) electrons. The van der Waals surface area contributed by atoms with Crippen LogP contribution in [-0.4, -0.2) is 73.8 Å². The molecule has 0 aromatic carbocycles. The van der Waals surface area contributed by atoms with Gasteiger partial charge in [-0.2, -0.15) is 0 Å². The van der Waals surface area contributed by atoms with Gasteiger partial charge in [0.1, 0.15) is 0 Å². The fourth-order valence-corrected chi connectivity index (χ4v) is 1.45. The fourth-order valence-electron chi connectivity index (χ4n) is 1.45. The van der Waals surface area contributed by atoms with Crippen molar-refractivity contribution in [2.75, 3.05) is 47.3 Å². The summed E-state index contributed by atoms with van der Waals surface area (Å²) in [5.74, 6) is 0.0669. The van der Waals surface area contributed by atoms with Gasteiger partial charge in [-0.25, -0.2) is 0 Å². The first-order valence-electron chi connectivity index (χ1n) is 5.35. The molecule has 1 aliphatic heterocycles. The first kappa shape index (κ1) is 12.7. The minimum atomic E-state index is -0.0541. The molecule has 5 heteroatoms. The summed E-state index contributed by atoms with van der Waals surface area (Å²) in [6.45, 7) is 2.61. The van der Waals surface area contributed by atoms with Crippen LogP contribution in [0.4, 0.5) is 0 Å². The van der Waals surface area contributed by atoms with E-state index in [1.54, 1.807) is 25.1 Å². The molecular weight excluding hydrogens is 206 g/mol. The summed E-state index contributed by atoms with van der Waals surface area (Å²) >= 11 is 0. The summed E-state index contributed by atoms with van der Waals surface area (Å²) in [7, 11) is 5.34. The van der Waals surface area contributed by atoms with Crippen LogP contribution < -0.4 is 0 Å². The zero-order chi connectivity index (χ0) is 12.1. The van der Waals surface area contributed by atoms with Crippen LogP contribution in [0.1, 0.15) is 0 Å². The predicted octanol–water partition coefficient (Wildman–Crippen LogP) is -0.595. The smallest absolute Gasteiger partial charge is 0.245 e. The Kier molecular flexibility index (Phi) is 4.49. The standard InChI is InChI=1S/C11H19N3O2/c1-12(2)10(15)5-4-6-14-8-7-13(3)9-11(14)16/h4-5H,6-9H2,1-3H3/b5-4+. The fraction of sp³-hybridized carbons (Fsp3) is 0.636. The Hall–Kier alpha value is -1.36. The molecule has 90 valence electrons. The molecule has 1 heterocycles. The van der Waals surface area contributed by atoms with Crippen LogP contribution in [0.2, 0.25) is 0 Å². The maximum atomic E-state index is 11.6. The van der Waals surface area contributed by atoms with Crippen molar-refractivity contribution in [3.05, 3.63) is 12.2 Å². The van der Waals surface area contributed by atoms with Crippen LogP contribution in [0.15, 0.2) is 12.2 Å². The quantitative estimate of drug-likeness (QED) is 0.603. The van der Waals surface area contributed by atoms with Crippen LogP contribution in [0.3, 0.4) is 0 Å². The van der Waals surface area contributed by atoms with E-state index in [1.165, 1.54) is 11.0 Å². The molecule has 1 rings (SSSR count). The summed E-state index contributed by atoms with van der Waals surface area (Å²) in [4.78, 5) is 28.1. The van der Waals surface area contributed by atoms with Gasteiger partial charge in [0.25, 0.3) is 0 Å². The van der Waals surface area contributed by atoms with E-state index in [0.717, 1.165) is 13.1 Å². The average molecular weight is 225 g/mol. The topological polar surface area (TPSA) is 43.9 Å². The molecule has 1 aliphatic rings. The molecule has 16 heavy (non-hydrogen) atoms. The summed E-state index contributed by atoms with van der Waals surface area (Å²) in [6, 6.07) is 0. The Balaban J connectivity index is 2.38. The summed E-state index contributed by atoms with van der Waals surface area (Å²) in [6.07, 6.45) is 3.25. The van der Waals surface area contributed by atoms with Crippen molar-refractivity contribution in [2.45, 2.75) is 0 Å². The second kappa shape index (κ2) is 5.65. The number of hydrogen-bond acceptors (Lipinski definition) is 3. The molecule has 0 unspecified atom stereocenters. The van der Waals surface area contributed by atoms with Crippen molar-refractivity contribution in [1.82, 2.24) is 14.7 Å². The van der Waals surface area contributed by atoms with Crippen molar-refractivity contribution in [3.63, 3.8) is 0 Å². The number of nitrogens with zero attached hydrogens (tertiary/aromatic N) is 3. The Morgan fingerprint density at radius 1 is 1.44 bits per heavy atom. The number of hydrogen-bond donors (Lipinski definition) is 0. The second-order valence-electron chi connectivity index (χ2n) is 4.21. The maximum absolute atomic E-state index is 11.6. The second-order valence-corrected chi connectivity index (χ2v) is 4.21. The third kappa shape index (κ3) is 3.66. The Labute approximate surface area is 96.3 Å². The summed E-state index contributed by atoms with van der Waals surface area (Å²) in [5.41, 5.74) is 0. The zero-order valence-corrected chi connectivity index (χ0v) is 10.1. The number of amides is 2. The van der Waals surface area contributed by atoms with Crippen LogP contribution >= 0.6 is 0 Å². The average Bonchev–Trinajstić information content (AvgIpc) is 2.20. The van der Waals surface area contributed by atoms with Crippen molar-refractivity contribution >= 4 is 11.8 Å². The van der Waals surface area contributed by atoms with Gasteiger partial charge in [-0.1, -0.05) is 6.08 Å². The third-order valence-electron chi connectivity index (χ3n) is 2.54. The van der Waals surface area contributed by atoms with Gasteiger partial charge in [-0.15, -0.1) is 0 Å². The lowest BCUT2D eigenvalue weighted by atomic mass is 10.3. The Bertz CT molecular complexity index is 300. The van der Waals surface area contributed by atoms with Crippen molar-refractivity contribution in [1.29, 1.82) is 0 Å². The zero-order valence-electron chi connectivity index (χ0n) is 10.1. The van der Waals surface area contributed by atoms with E-state index in [9.17, 15) is 9.59 Å². The molecule has 0 aromatic rings. The maximum Gasteiger partial charge on any atom is 0.245 e. The highest BCUT2D eigenvalue weighted by Gasteiger charge is 2.19. The largest absolute Gasteiger partial charge is 0.345 e. The molecule has 0 aliphatic carbocycles. The number of rotatable bonds is 3. The van der Waals surface area contributed by atoms with E-state index in [4.69, 9.17) is 0 Å². The first-order valence-corrected chi connectivity index (χ1v) is 5.35. The van der Waals surface area contributed by atoms with E-state index < -0.39 is 0 Å². The lowest BCUT2D eigenvalue weighted by molar-refractivity contribution is -0.134. The first-order chi connectivity index (χ1) is 7.50. The highest BCUT2D eigenvalue weighted by atomic mass is 16.2. The molecule has 1 saturated heterocycles. The minimum absolute atomic E-state index is 0.0541. The van der Waals surface area contributed by atoms with Crippen molar-refractivity contribution in [3.8, 4) is 0 Å². The summed E-state index contributed by atoms with van der Waals surface area (Å²) in [5, 5.41) is 0. The molecule has 0 bridgehead atoms. The number of piperazine rings is 1. The van der Waals surface area contributed by atoms with Crippen molar-refractivity contribution in [2.24, 2.45) is 0 Å².